The minimum atomic E-state index is -0.789. The number of carbonyl (C=O) groups excluding carboxylic acids is 2. The van der Waals surface area contributed by atoms with Crippen LogP contribution in [0.4, 0.5) is 16.2 Å². The fraction of sp³-hybridized carbons (Fsp3) is 0.364. The van der Waals surface area contributed by atoms with Crippen LogP contribution in [0, 0.1) is 5.92 Å². The first-order chi connectivity index (χ1) is 13.5. The average Bonchev–Trinajstić information content (AvgIpc) is 2.61. The Bertz CT molecular complexity index is 845. The Balaban J connectivity index is 2.12. The van der Waals surface area contributed by atoms with Gasteiger partial charge in [-0.1, -0.05) is 32.0 Å². The molecule has 0 spiro atoms. The molecule has 0 aliphatic rings. The Morgan fingerprint density at radius 1 is 1.00 bits per heavy atom. The average molecular weight is 399 g/mol. The van der Waals surface area contributed by atoms with Crippen molar-refractivity contribution >= 4 is 23.4 Å². The molecule has 0 saturated heterocycles. The summed E-state index contributed by atoms with van der Waals surface area (Å²) in [6.07, 6.45) is -0.652. The Labute approximate surface area is 171 Å². The van der Waals surface area contributed by atoms with Crippen molar-refractivity contribution in [1.82, 2.24) is 5.32 Å². The summed E-state index contributed by atoms with van der Waals surface area (Å²) in [6.45, 7) is 8.95. The summed E-state index contributed by atoms with van der Waals surface area (Å²) >= 11 is 0. The molecule has 0 radical (unpaired) electrons. The SMILES string of the molecule is CC(C)[C@H](NC(=O)OC(C)(C)C)C(=O)Nc1cc(Oc2ccccc2)ccc1N. The molecule has 0 aromatic heterocycles. The van der Waals surface area contributed by atoms with Crippen LogP contribution in [0.25, 0.3) is 0 Å². The molecule has 7 nitrogen and oxygen atoms in total. The topological polar surface area (TPSA) is 103 Å². The van der Waals surface area contributed by atoms with E-state index in [0.29, 0.717) is 22.9 Å². The van der Waals surface area contributed by atoms with Crippen molar-refractivity contribution in [2.45, 2.75) is 46.3 Å². The van der Waals surface area contributed by atoms with Crippen molar-refractivity contribution in [2.24, 2.45) is 5.92 Å². The number of amides is 2. The summed E-state index contributed by atoms with van der Waals surface area (Å²) in [5.41, 5.74) is 6.14. The van der Waals surface area contributed by atoms with Gasteiger partial charge in [0.05, 0.1) is 11.4 Å². The van der Waals surface area contributed by atoms with E-state index in [4.69, 9.17) is 15.2 Å². The highest BCUT2D eigenvalue weighted by Crippen LogP contribution is 2.28. The van der Waals surface area contributed by atoms with E-state index < -0.39 is 23.6 Å². The number of anilines is 2. The van der Waals surface area contributed by atoms with Crippen molar-refractivity contribution in [3.05, 3.63) is 48.5 Å². The van der Waals surface area contributed by atoms with E-state index in [1.165, 1.54) is 0 Å². The van der Waals surface area contributed by atoms with Crippen molar-refractivity contribution < 1.29 is 19.1 Å². The smallest absolute Gasteiger partial charge is 0.408 e. The standard InChI is InChI=1S/C22H29N3O4/c1-14(2)19(25-21(27)29-22(3,4)5)20(26)24-18-13-16(11-12-17(18)23)28-15-9-7-6-8-10-15/h6-14,19H,23H2,1-5H3,(H,24,26)(H,25,27)/t19-/m0/s1. The molecule has 0 aliphatic heterocycles. The van der Waals surface area contributed by atoms with Crippen molar-refractivity contribution in [1.29, 1.82) is 0 Å². The van der Waals surface area contributed by atoms with Crippen LogP contribution < -0.4 is 21.1 Å². The van der Waals surface area contributed by atoms with Gasteiger partial charge >= 0.3 is 6.09 Å². The van der Waals surface area contributed by atoms with Gasteiger partial charge in [-0.15, -0.1) is 0 Å². The van der Waals surface area contributed by atoms with Gasteiger partial charge in [-0.05, 0) is 51.0 Å². The van der Waals surface area contributed by atoms with E-state index in [-0.39, 0.29) is 5.92 Å². The quantitative estimate of drug-likeness (QED) is 0.619. The number of nitrogens with one attached hydrogen (secondary N) is 2. The molecule has 0 aliphatic carbocycles. The summed E-state index contributed by atoms with van der Waals surface area (Å²) in [6, 6.07) is 13.5. The maximum atomic E-state index is 12.8. The lowest BCUT2D eigenvalue weighted by Crippen LogP contribution is -2.48. The number of para-hydroxylation sites is 1. The molecule has 2 aromatic carbocycles. The van der Waals surface area contributed by atoms with Crippen LogP contribution in [0.1, 0.15) is 34.6 Å². The third kappa shape index (κ3) is 7.03. The number of hydrogen-bond donors (Lipinski definition) is 3. The van der Waals surface area contributed by atoms with Crippen LogP contribution in [0.2, 0.25) is 0 Å². The number of ether oxygens (including phenoxy) is 2. The zero-order valence-corrected chi connectivity index (χ0v) is 17.5. The minimum absolute atomic E-state index is 0.160. The van der Waals surface area contributed by atoms with Crippen LogP contribution in [-0.2, 0) is 9.53 Å². The molecular formula is C22H29N3O4. The lowest BCUT2D eigenvalue weighted by atomic mass is 10.0. The van der Waals surface area contributed by atoms with E-state index in [2.05, 4.69) is 10.6 Å². The normalized spacial score (nSPS) is 12.2. The molecule has 156 valence electrons. The Kier molecular flexibility index (Phi) is 7.09. The first-order valence-corrected chi connectivity index (χ1v) is 9.48. The fourth-order valence-electron chi connectivity index (χ4n) is 2.51. The van der Waals surface area contributed by atoms with Gasteiger partial charge in [0, 0.05) is 6.07 Å². The van der Waals surface area contributed by atoms with Gasteiger partial charge in [-0.25, -0.2) is 4.79 Å². The molecule has 0 unspecified atom stereocenters. The van der Waals surface area contributed by atoms with Gasteiger partial charge in [-0.2, -0.15) is 0 Å². The molecule has 0 fully saturated rings. The van der Waals surface area contributed by atoms with E-state index in [1.807, 2.05) is 44.2 Å². The summed E-state index contributed by atoms with van der Waals surface area (Å²) in [5, 5.41) is 5.39. The lowest BCUT2D eigenvalue weighted by molar-refractivity contribution is -0.119. The highest BCUT2D eigenvalue weighted by atomic mass is 16.6. The predicted molar refractivity (Wildman–Crippen MR) is 114 cm³/mol. The third-order valence-corrected chi connectivity index (χ3v) is 3.88. The molecule has 1 atom stereocenters. The molecule has 0 heterocycles. The van der Waals surface area contributed by atoms with Crippen LogP contribution >= 0.6 is 0 Å². The number of nitrogen functional groups attached to an aromatic ring is 1. The minimum Gasteiger partial charge on any atom is -0.457 e. The summed E-state index contributed by atoms with van der Waals surface area (Å²) in [7, 11) is 0. The number of benzene rings is 2. The highest BCUT2D eigenvalue weighted by molar-refractivity contribution is 5.99. The first-order valence-electron chi connectivity index (χ1n) is 9.48. The zero-order chi connectivity index (χ0) is 21.6. The second-order valence-corrected chi connectivity index (χ2v) is 8.02. The maximum Gasteiger partial charge on any atom is 0.408 e. The van der Waals surface area contributed by atoms with Crippen LogP contribution in [0.15, 0.2) is 48.5 Å². The van der Waals surface area contributed by atoms with E-state index in [1.54, 1.807) is 39.0 Å². The monoisotopic (exact) mass is 399 g/mol. The molecule has 4 N–H and O–H groups in total. The fourth-order valence-corrected chi connectivity index (χ4v) is 2.51. The van der Waals surface area contributed by atoms with Gasteiger partial charge in [0.1, 0.15) is 23.1 Å². The van der Waals surface area contributed by atoms with Crippen LogP contribution in [0.3, 0.4) is 0 Å². The first kappa shape index (κ1) is 22.1. The molecule has 2 amide bonds. The van der Waals surface area contributed by atoms with Crippen LogP contribution in [-0.4, -0.2) is 23.6 Å². The van der Waals surface area contributed by atoms with Gasteiger partial charge in [0.15, 0.2) is 0 Å². The largest absolute Gasteiger partial charge is 0.457 e. The Morgan fingerprint density at radius 2 is 1.66 bits per heavy atom. The molecule has 0 bridgehead atoms. The highest BCUT2D eigenvalue weighted by Gasteiger charge is 2.27. The zero-order valence-electron chi connectivity index (χ0n) is 17.5. The predicted octanol–water partition coefficient (Wildman–Crippen LogP) is 4.55. The summed E-state index contributed by atoms with van der Waals surface area (Å²) in [5.74, 6) is 0.644. The Hall–Kier alpha value is -3.22. The molecule has 0 saturated carbocycles. The van der Waals surface area contributed by atoms with E-state index in [9.17, 15) is 9.59 Å². The summed E-state index contributed by atoms with van der Waals surface area (Å²) < 4.78 is 11.0. The van der Waals surface area contributed by atoms with Gasteiger partial charge in [0.2, 0.25) is 5.91 Å². The van der Waals surface area contributed by atoms with Gasteiger partial charge in [0.25, 0.3) is 0 Å². The second kappa shape index (κ2) is 9.32. The Morgan fingerprint density at radius 3 is 2.24 bits per heavy atom. The number of alkyl carbamates (subject to hydrolysis) is 1. The number of nitrogens with two attached hydrogens (primary N) is 1. The van der Waals surface area contributed by atoms with Crippen LogP contribution in [0.5, 0.6) is 11.5 Å². The number of carbonyl (C=O) groups is 2. The molecule has 2 aromatic rings. The lowest BCUT2D eigenvalue weighted by Gasteiger charge is -2.25. The maximum absolute atomic E-state index is 12.8. The molecule has 2 rings (SSSR count). The van der Waals surface area contributed by atoms with Crippen molar-refractivity contribution in [3.63, 3.8) is 0 Å². The summed E-state index contributed by atoms with van der Waals surface area (Å²) in [4.78, 5) is 24.9. The number of rotatable bonds is 6. The molecule has 7 heteroatoms. The van der Waals surface area contributed by atoms with E-state index >= 15 is 0 Å². The van der Waals surface area contributed by atoms with Crippen molar-refractivity contribution in [2.75, 3.05) is 11.1 Å². The van der Waals surface area contributed by atoms with Crippen molar-refractivity contribution in [3.8, 4) is 11.5 Å². The van der Waals surface area contributed by atoms with E-state index in [0.717, 1.165) is 0 Å². The molecule has 29 heavy (non-hydrogen) atoms. The molecular weight excluding hydrogens is 370 g/mol. The van der Waals surface area contributed by atoms with Gasteiger partial charge in [-0.3, -0.25) is 4.79 Å². The van der Waals surface area contributed by atoms with Gasteiger partial charge < -0.3 is 25.8 Å². The number of hydrogen-bond acceptors (Lipinski definition) is 5. The second-order valence-electron chi connectivity index (χ2n) is 8.02. The third-order valence-electron chi connectivity index (χ3n) is 3.88.